The molecule has 5 nitrogen and oxygen atoms in total. The predicted molar refractivity (Wildman–Crippen MR) is 90.5 cm³/mol. The van der Waals surface area contributed by atoms with Gasteiger partial charge in [-0.3, -0.25) is 4.79 Å². The minimum atomic E-state index is -0.0645. The van der Waals surface area contributed by atoms with E-state index >= 15 is 0 Å². The molecule has 120 valence electrons. The number of aromatic nitrogens is 2. The quantitative estimate of drug-likeness (QED) is 0.797. The minimum Gasteiger partial charge on any atom is -0.458 e. The molecule has 1 fully saturated rings. The van der Waals surface area contributed by atoms with Crippen molar-refractivity contribution in [1.29, 1.82) is 0 Å². The molecule has 1 amide bonds. The Balaban J connectivity index is 1.53. The number of likely N-dealkylation sites (tertiary alicyclic amines) is 1. The van der Waals surface area contributed by atoms with E-state index in [4.69, 9.17) is 16.3 Å². The van der Waals surface area contributed by atoms with Crippen LogP contribution in [0.15, 0.2) is 41.1 Å². The summed E-state index contributed by atoms with van der Waals surface area (Å²) in [6.07, 6.45) is 4.37. The van der Waals surface area contributed by atoms with Crippen molar-refractivity contribution >= 4 is 33.4 Å². The third-order valence-corrected chi connectivity index (χ3v) is 4.30. The van der Waals surface area contributed by atoms with E-state index < -0.39 is 0 Å². The molecular weight excluding hydrogens is 382 g/mol. The smallest absolute Gasteiger partial charge is 0.316 e. The molecule has 0 saturated carbocycles. The lowest BCUT2D eigenvalue weighted by Gasteiger charge is -2.16. The predicted octanol–water partition coefficient (Wildman–Crippen LogP) is 3.11. The van der Waals surface area contributed by atoms with Gasteiger partial charge >= 0.3 is 6.01 Å². The first-order chi connectivity index (χ1) is 11.1. The van der Waals surface area contributed by atoms with Crippen LogP contribution in [0.1, 0.15) is 12.0 Å². The molecular formula is C16H15BrClN3O2. The maximum Gasteiger partial charge on any atom is 0.316 e. The molecule has 3 rings (SSSR count). The number of amides is 1. The van der Waals surface area contributed by atoms with Gasteiger partial charge in [0.05, 0.1) is 17.4 Å². The van der Waals surface area contributed by atoms with Crippen LogP contribution in [-0.4, -0.2) is 40.0 Å². The Kier molecular flexibility index (Phi) is 5.13. The molecule has 2 aromatic rings. The lowest BCUT2D eigenvalue weighted by molar-refractivity contribution is -0.129. The monoisotopic (exact) mass is 395 g/mol. The van der Waals surface area contributed by atoms with E-state index in [1.807, 2.05) is 17.0 Å². The van der Waals surface area contributed by atoms with Gasteiger partial charge in [0.1, 0.15) is 6.10 Å². The van der Waals surface area contributed by atoms with E-state index in [0.29, 0.717) is 30.5 Å². The van der Waals surface area contributed by atoms with Crippen LogP contribution >= 0.6 is 27.5 Å². The van der Waals surface area contributed by atoms with Gasteiger partial charge < -0.3 is 9.64 Å². The first kappa shape index (κ1) is 16.2. The summed E-state index contributed by atoms with van der Waals surface area (Å²) in [6, 6.07) is 7.68. The van der Waals surface area contributed by atoms with E-state index in [-0.39, 0.29) is 12.0 Å². The molecule has 1 saturated heterocycles. The van der Waals surface area contributed by atoms with Crippen molar-refractivity contribution in [3.8, 4) is 6.01 Å². The van der Waals surface area contributed by atoms with Crippen molar-refractivity contribution in [2.24, 2.45) is 0 Å². The maximum atomic E-state index is 12.3. The summed E-state index contributed by atoms with van der Waals surface area (Å²) in [6.45, 7) is 1.25. The summed E-state index contributed by atoms with van der Waals surface area (Å²) in [7, 11) is 0. The number of hydrogen-bond acceptors (Lipinski definition) is 4. The van der Waals surface area contributed by atoms with Crippen LogP contribution in [0, 0.1) is 0 Å². The van der Waals surface area contributed by atoms with E-state index in [1.54, 1.807) is 24.5 Å². The Morgan fingerprint density at radius 1 is 1.30 bits per heavy atom. The van der Waals surface area contributed by atoms with Crippen molar-refractivity contribution in [3.63, 3.8) is 0 Å². The summed E-state index contributed by atoms with van der Waals surface area (Å²) in [5.74, 6) is 0.0927. The summed E-state index contributed by atoms with van der Waals surface area (Å²) in [5, 5.41) is 0.672. The molecule has 1 aliphatic heterocycles. The van der Waals surface area contributed by atoms with E-state index in [0.717, 1.165) is 16.5 Å². The first-order valence-electron chi connectivity index (χ1n) is 7.26. The number of halogens is 2. The van der Waals surface area contributed by atoms with E-state index in [2.05, 4.69) is 25.9 Å². The van der Waals surface area contributed by atoms with Crippen molar-refractivity contribution in [2.75, 3.05) is 13.1 Å². The van der Waals surface area contributed by atoms with Gasteiger partial charge in [-0.2, -0.15) is 0 Å². The number of carbonyl (C=O) groups is 1. The molecule has 0 bridgehead atoms. The number of benzene rings is 1. The van der Waals surface area contributed by atoms with Gasteiger partial charge in [-0.05, 0) is 33.6 Å². The zero-order valence-corrected chi connectivity index (χ0v) is 14.6. The van der Waals surface area contributed by atoms with Crippen LogP contribution in [-0.2, 0) is 11.2 Å². The van der Waals surface area contributed by atoms with Crippen LogP contribution in [0.4, 0.5) is 0 Å². The van der Waals surface area contributed by atoms with Crippen LogP contribution < -0.4 is 4.74 Å². The zero-order chi connectivity index (χ0) is 16.2. The molecule has 1 atom stereocenters. The zero-order valence-electron chi connectivity index (χ0n) is 12.3. The van der Waals surface area contributed by atoms with Crippen LogP contribution in [0.25, 0.3) is 0 Å². The normalized spacial score (nSPS) is 17.3. The topological polar surface area (TPSA) is 55.3 Å². The SMILES string of the molecule is O=C(Cc1ccc(Cl)cc1)N1CCC(Oc2ncc(Br)cn2)C1. The first-order valence-corrected chi connectivity index (χ1v) is 8.43. The highest BCUT2D eigenvalue weighted by molar-refractivity contribution is 9.10. The average molecular weight is 397 g/mol. The molecule has 0 N–H and O–H groups in total. The highest BCUT2D eigenvalue weighted by Crippen LogP contribution is 2.18. The third kappa shape index (κ3) is 4.42. The van der Waals surface area contributed by atoms with Gasteiger partial charge in [-0.15, -0.1) is 0 Å². The minimum absolute atomic E-state index is 0.0645. The van der Waals surface area contributed by atoms with Crippen LogP contribution in [0.3, 0.4) is 0 Å². The number of nitrogens with zero attached hydrogens (tertiary/aromatic N) is 3. The summed E-state index contributed by atoms with van der Waals surface area (Å²) >= 11 is 9.14. The molecule has 0 radical (unpaired) electrons. The summed E-state index contributed by atoms with van der Waals surface area (Å²) < 4.78 is 6.52. The number of carbonyl (C=O) groups excluding carboxylic acids is 1. The Morgan fingerprint density at radius 2 is 2.00 bits per heavy atom. The molecule has 1 aromatic heterocycles. The average Bonchev–Trinajstić information content (AvgIpc) is 3.00. The largest absolute Gasteiger partial charge is 0.458 e. The van der Waals surface area contributed by atoms with Gasteiger partial charge in [0.2, 0.25) is 5.91 Å². The third-order valence-electron chi connectivity index (χ3n) is 3.64. The number of ether oxygens (including phenoxy) is 1. The second-order valence-corrected chi connectivity index (χ2v) is 6.71. The van der Waals surface area contributed by atoms with Crippen LogP contribution in [0.2, 0.25) is 5.02 Å². The molecule has 7 heteroatoms. The Bertz CT molecular complexity index is 679. The summed E-state index contributed by atoms with van der Waals surface area (Å²) in [5.41, 5.74) is 0.958. The highest BCUT2D eigenvalue weighted by atomic mass is 79.9. The fraction of sp³-hybridized carbons (Fsp3) is 0.312. The second kappa shape index (κ2) is 7.27. The van der Waals surface area contributed by atoms with Crippen molar-refractivity contribution in [1.82, 2.24) is 14.9 Å². The van der Waals surface area contributed by atoms with Gasteiger partial charge in [0.15, 0.2) is 0 Å². The molecule has 0 aliphatic carbocycles. The van der Waals surface area contributed by atoms with Crippen molar-refractivity contribution in [3.05, 3.63) is 51.7 Å². The maximum absolute atomic E-state index is 12.3. The molecule has 1 aromatic carbocycles. The number of rotatable bonds is 4. The van der Waals surface area contributed by atoms with Crippen molar-refractivity contribution in [2.45, 2.75) is 18.9 Å². The van der Waals surface area contributed by atoms with Gasteiger partial charge in [-0.25, -0.2) is 9.97 Å². The molecule has 23 heavy (non-hydrogen) atoms. The Labute approximate surface area is 147 Å². The van der Waals surface area contributed by atoms with Crippen LogP contribution in [0.5, 0.6) is 6.01 Å². The van der Waals surface area contributed by atoms with Gasteiger partial charge in [0.25, 0.3) is 0 Å². The molecule has 2 heterocycles. The molecule has 1 aliphatic rings. The number of hydrogen-bond donors (Lipinski definition) is 0. The van der Waals surface area contributed by atoms with E-state index in [1.165, 1.54) is 0 Å². The fourth-order valence-electron chi connectivity index (χ4n) is 2.45. The highest BCUT2D eigenvalue weighted by Gasteiger charge is 2.28. The Morgan fingerprint density at radius 3 is 2.70 bits per heavy atom. The lowest BCUT2D eigenvalue weighted by atomic mass is 10.1. The molecule has 0 spiro atoms. The Hall–Kier alpha value is -1.66. The summed E-state index contributed by atoms with van der Waals surface area (Å²) in [4.78, 5) is 22.3. The lowest BCUT2D eigenvalue weighted by Crippen LogP contribution is -2.32. The van der Waals surface area contributed by atoms with Gasteiger partial charge in [-0.1, -0.05) is 23.7 Å². The fourth-order valence-corrected chi connectivity index (χ4v) is 2.78. The van der Waals surface area contributed by atoms with Crippen molar-refractivity contribution < 1.29 is 9.53 Å². The second-order valence-electron chi connectivity index (χ2n) is 5.36. The van der Waals surface area contributed by atoms with Gasteiger partial charge in [0, 0.05) is 30.4 Å². The molecule has 1 unspecified atom stereocenters. The van der Waals surface area contributed by atoms with E-state index in [9.17, 15) is 4.79 Å². The standard InChI is InChI=1S/C16H15BrClN3O2/c17-12-8-19-16(20-9-12)23-14-5-6-21(10-14)15(22)7-11-1-3-13(18)4-2-11/h1-4,8-9,14H,5-7,10H2.